The Hall–Kier alpha value is -2.63. The van der Waals surface area contributed by atoms with Gasteiger partial charge in [-0.3, -0.25) is 4.79 Å². The van der Waals surface area contributed by atoms with Crippen molar-refractivity contribution in [1.82, 2.24) is 10.1 Å². The third-order valence-corrected chi connectivity index (χ3v) is 2.82. The van der Waals surface area contributed by atoms with Crippen LogP contribution in [0.15, 0.2) is 40.9 Å². The summed E-state index contributed by atoms with van der Waals surface area (Å²) in [6.07, 6.45) is -1.01. The first-order valence-electron chi connectivity index (χ1n) is 6.39. The Kier molecular flexibility index (Phi) is 4.37. The molecule has 1 heterocycles. The maximum atomic E-state index is 12.2. The molecule has 110 valence electrons. The van der Waals surface area contributed by atoms with Crippen LogP contribution in [-0.4, -0.2) is 36.0 Å². The molecular weight excluding hydrogens is 272 g/mol. The predicted octanol–water partition coefficient (Wildman–Crippen LogP) is 1.97. The molecule has 0 saturated heterocycles. The number of amides is 1. The van der Waals surface area contributed by atoms with E-state index in [0.717, 1.165) is 0 Å². The maximum absolute atomic E-state index is 12.2. The number of hydrogen-bond acceptors (Lipinski definition) is 5. The number of esters is 1. The highest BCUT2D eigenvalue weighted by Gasteiger charge is 2.28. The van der Waals surface area contributed by atoms with Crippen molar-refractivity contribution in [3.05, 3.63) is 53.4 Å². The number of carbonyl (C=O) groups is 2. The number of likely N-dealkylation sites (N-methyl/N-ethyl adjacent to an activating group) is 1. The summed E-state index contributed by atoms with van der Waals surface area (Å²) < 4.78 is 10.1. The molecule has 0 aliphatic rings. The number of nitrogens with zero attached hydrogens (tertiary/aromatic N) is 2. The minimum atomic E-state index is -1.01. The van der Waals surface area contributed by atoms with E-state index in [1.807, 2.05) is 6.07 Å². The zero-order chi connectivity index (χ0) is 15.4. The molecule has 0 radical (unpaired) electrons. The van der Waals surface area contributed by atoms with Gasteiger partial charge in [0.15, 0.2) is 0 Å². The van der Waals surface area contributed by atoms with Gasteiger partial charge in [0.05, 0.1) is 5.69 Å². The molecule has 1 aromatic heterocycles. The summed E-state index contributed by atoms with van der Waals surface area (Å²) in [4.78, 5) is 25.6. The molecule has 0 unspecified atom stereocenters. The molecule has 1 amide bonds. The fraction of sp³-hybridized carbons (Fsp3) is 0.267. The first-order chi connectivity index (χ1) is 9.99. The third kappa shape index (κ3) is 3.47. The fourth-order valence-corrected chi connectivity index (χ4v) is 1.75. The Labute approximate surface area is 122 Å². The number of ether oxygens (including phenoxy) is 1. The van der Waals surface area contributed by atoms with E-state index >= 15 is 0 Å². The van der Waals surface area contributed by atoms with Gasteiger partial charge in [0.2, 0.25) is 11.9 Å². The van der Waals surface area contributed by atoms with Gasteiger partial charge in [-0.05, 0) is 6.92 Å². The molecule has 21 heavy (non-hydrogen) atoms. The van der Waals surface area contributed by atoms with Crippen molar-refractivity contribution in [1.29, 1.82) is 0 Å². The van der Waals surface area contributed by atoms with Crippen molar-refractivity contribution in [2.45, 2.75) is 13.0 Å². The van der Waals surface area contributed by atoms with Gasteiger partial charge in [-0.1, -0.05) is 35.5 Å². The predicted molar refractivity (Wildman–Crippen MR) is 74.5 cm³/mol. The van der Waals surface area contributed by atoms with E-state index in [1.54, 1.807) is 45.3 Å². The van der Waals surface area contributed by atoms with Gasteiger partial charge in [-0.15, -0.1) is 0 Å². The van der Waals surface area contributed by atoms with E-state index in [-0.39, 0.29) is 11.7 Å². The Balaban J connectivity index is 2.24. The molecule has 1 aromatic carbocycles. The van der Waals surface area contributed by atoms with Crippen LogP contribution in [0.3, 0.4) is 0 Å². The number of hydrogen-bond donors (Lipinski definition) is 0. The van der Waals surface area contributed by atoms with Crippen molar-refractivity contribution in [2.24, 2.45) is 0 Å². The Morgan fingerprint density at radius 3 is 2.43 bits per heavy atom. The molecule has 0 aliphatic carbocycles. The highest BCUT2D eigenvalue weighted by atomic mass is 16.6. The Morgan fingerprint density at radius 2 is 1.90 bits per heavy atom. The smallest absolute Gasteiger partial charge is 0.378 e. The Morgan fingerprint density at radius 1 is 1.24 bits per heavy atom. The summed E-state index contributed by atoms with van der Waals surface area (Å²) in [7, 11) is 3.20. The van der Waals surface area contributed by atoms with Crippen molar-refractivity contribution in [3.8, 4) is 0 Å². The Bertz CT molecular complexity index is 634. The average Bonchev–Trinajstić information content (AvgIpc) is 2.91. The summed E-state index contributed by atoms with van der Waals surface area (Å²) in [5.41, 5.74) is 1.16. The zero-order valence-electron chi connectivity index (χ0n) is 12.1. The number of rotatable bonds is 4. The second-order valence-electron chi connectivity index (χ2n) is 4.76. The first kappa shape index (κ1) is 14.8. The van der Waals surface area contributed by atoms with Crippen LogP contribution in [-0.2, 0) is 9.53 Å². The number of benzene rings is 1. The molecule has 6 heteroatoms. The molecular formula is C15H16N2O4. The quantitative estimate of drug-likeness (QED) is 0.804. The van der Waals surface area contributed by atoms with Gasteiger partial charge in [0.1, 0.15) is 0 Å². The van der Waals surface area contributed by atoms with Crippen LogP contribution in [0.2, 0.25) is 0 Å². The topological polar surface area (TPSA) is 72.6 Å². The summed E-state index contributed by atoms with van der Waals surface area (Å²) in [5, 5.41) is 3.63. The van der Waals surface area contributed by atoms with Gasteiger partial charge < -0.3 is 14.2 Å². The monoisotopic (exact) mass is 288 g/mol. The summed E-state index contributed by atoms with van der Waals surface area (Å²) in [6, 6.07) is 10.3. The van der Waals surface area contributed by atoms with Crippen LogP contribution in [0, 0.1) is 6.92 Å². The zero-order valence-corrected chi connectivity index (χ0v) is 12.1. The summed E-state index contributed by atoms with van der Waals surface area (Å²) in [6.45, 7) is 1.69. The van der Waals surface area contributed by atoms with Crippen molar-refractivity contribution in [2.75, 3.05) is 14.1 Å². The van der Waals surface area contributed by atoms with E-state index in [4.69, 9.17) is 9.26 Å². The lowest BCUT2D eigenvalue weighted by Crippen LogP contribution is -2.31. The van der Waals surface area contributed by atoms with Gasteiger partial charge in [0, 0.05) is 25.7 Å². The van der Waals surface area contributed by atoms with Crippen LogP contribution < -0.4 is 0 Å². The molecule has 0 N–H and O–H groups in total. The standard InChI is InChI=1S/C15H16N2O4/c1-10-9-12(21-16-10)15(19)20-13(14(18)17(2)3)11-7-5-4-6-8-11/h4-9,13H,1-3H3/t13-/m1/s1. The van der Waals surface area contributed by atoms with Gasteiger partial charge in [-0.2, -0.15) is 0 Å². The van der Waals surface area contributed by atoms with Crippen molar-refractivity contribution >= 4 is 11.9 Å². The molecule has 1 atom stereocenters. The molecule has 0 spiro atoms. The molecule has 6 nitrogen and oxygen atoms in total. The van der Waals surface area contributed by atoms with Crippen LogP contribution in [0.4, 0.5) is 0 Å². The normalized spacial score (nSPS) is 11.8. The lowest BCUT2D eigenvalue weighted by molar-refractivity contribution is -0.138. The molecule has 0 aliphatic heterocycles. The van der Waals surface area contributed by atoms with E-state index in [0.29, 0.717) is 11.3 Å². The van der Waals surface area contributed by atoms with E-state index in [2.05, 4.69) is 5.16 Å². The van der Waals surface area contributed by atoms with Gasteiger partial charge in [0.25, 0.3) is 5.91 Å². The lowest BCUT2D eigenvalue weighted by atomic mass is 10.1. The SMILES string of the molecule is Cc1cc(C(=O)O[C@@H](C(=O)N(C)C)c2ccccc2)on1. The highest BCUT2D eigenvalue weighted by Crippen LogP contribution is 2.21. The minimum Gasteiger partial charge on any atom is -0.441 e. The second-order valence-corrected chi connectivity index (χ2v) is 4.76. The maximum Gasteiger partial charge on any atom is 0.378 e. The van der Waals surface area contributed by atoms with E-state index < -0.39 is 12.1 Å². The van der Waals surface area contributed by atoms with Crippen LogP contribution in [0.25, 0.3) is 0 Å². The van der Waals surface area contributed by atoms with E-state index in [9.17, 15) is 9.59 Å². The third-order valence-electron chi connectivity index (χ3n) is 2.82. The summed E-state index contributed by atoms with van der Waals surface area (Å²) >= 11 is 0. The first-order valence-corrected chi connectivity index (χ1v) is 6.39. The molecule has 0 saturated carbocycles. The van der Waals surface area contributed by atoms with Crippen LogP contribution in [0.5, 0.6) is 0 Å². The van der Waals surface area contributed by atoms with Crippen molar-refractivity contribution < 1.29 is 18.8 Å². The number of carbonyl (C=O) groups excluding carboxylic acids is 2. The van der Waals surface area contributed by atoms with Gasteiger partial charge in [-0.25, -0.2) is 4.79 Å². The minimum absolute atomic E-state index is 0.0278. The van der Waals surface area contributed by atoms with Crippen LogP contribution in [0.1, 0.15) is 27.9 Å². The van der Waals surface area contributed by atoms with Gasteiger partial charge >= 0.3 is 5.97 Å². The fourth-order valence-electron chi connectivity index (χ4n) is 1.75. The largest absolute Gasteiger partial charge is 0.441 e. The molecule has 0 bridgehead atoms. The second kappa shape index (κ2) is 6.21. The average molecular weight is 288 g/mol. The number of aromatic nitrogens is 1. The van der Waals surface area contributed by atoms with Crippen molar-refractivity contribution in [3.63, 3.8) is 0 Å². The molecule has 2 rings (SSSR count). The molecule has 2 aromatic rings. The number of aryl methyl sites for hydroxylation is 1. The van der Waals surface area contributed by atoms with E-state index in [1.165, 1.54) is 11.0 Å². The summed E-state index contributed by atoms with van der Waals surface area (Å²) in [5.74, 6) is -1.08. The lowest BCUT2D eigenvalue weighted by Gasteiger charge is -2.20. The highest BCUT2D eigenvalue weighted by molar-refractivity contribution is 5.90. The molecule has 0 fully saturated rings. The van der Waals surface area contributed by atoms with Crippen LogP contribution >= 0.6 is 0 Å².